The predicted octanol–water partition coefficient (Wildman–Crippen LogP) is 1.33. The molecule has 1 N–H and O–H groups in total. The fraction of sp³-hybridized carbons (Fsp3) is 1.00. The quantitative estimate of drug-likeness (QED) is 0.539. The van der Waals surface area contributed by atoms with Crippen LogP contribution in [0.5, 0.6) is 0 Å². The lowest BCUT2D eigenvalue weighted by molar-refractivity contribution is 0.135. The van der Waals surface area contributed by atoms with Crippen LogP contribution < -0.4 is 0 Å². The van der Waals surface area contributed by atoms with E-state index in [9.17, 15) is 0 Å². The highest BCUT2D eigenvalue weighted by Crippen LogP contribution is 2.63. The maximum Gasteiger partial charge on any atom is 0.328 e. The van der Waals surface area contributed by atoms with Crippen LogP contribution >= 0.6 is 18.5 Å². The molecule has 0 aromatic rings. The van der Waals surface area contributed by atoms with Crippen molar-refractivity contribution in [2.45, 2.75) is 6.42 Å². The fourth-order valence-electron chi connectivity index (χ4n) is 0.450. The molecule has 5 heteroatoms. The van der Waals surface area contributed by atoms with Crippen LogP contribution in [0.3, 0.4) is 0 Å². The van der Waals surface area contributed by atoms with Gasteiger partial charge in [0.05, 0.1) is 13.2 Å². The third-order valence-electron chi connectivity index (χ3n) is 0.790. The molecular formula is C3H7ClO3P. The molecule has 1 rings (SSSR count). The molecule has 1 fully saturated rings. The van der Waals surface area contributed by atoms with E-state index in [0.717, 1.165) is 6.42 Å². The molecule has 0 aromatic heterocycles. The summed E-state index contributed by atoms with van der Waals surface area (Å²) in [5.41, 5.74) is 0. The van der Waals surface area contributed by atoms with Crippen molar-refractivity contribution in [1.82, 2.24) is 0 Å². The van der Waals surface area contributed by atoms with E-state index in [2.05, 4.69) is 9.05 Å². The van der Waals surface area contributed by atoms with E-state index in [4.69, 9.17) is 16.1 Å². The van der Waals surface area contributed by atoms with Crippen LogP contribution in [-0.2, 0) is 9.05 Å². The van der Waals surface area contributed by atoms with E-state index in [0.29, 0.717) is 13.2 Å². The smallest absolute Gasteiger partial charge is 0.324 e. The first kappa shape index (κ1) is 6.72. The standard InChI is InChI=1S/C3H7ClO3P/c4-8(5)6-2-1-3-7-8/h5H,1-3H2. The molecule has 0 aliphatic carbocycles. The lowest BCUT2D eigenvalue weighted by Gasteiger charge is -2.25. The minimum atomic E-state index is -2.86. The Morgan fingerprint density at radius 2 is 1.88 bits per heavy atom. The summed E-state index contributed by atoms with van der Waals surface area (Å²) in [6.07, 6.45) is 0.815. The van der Waals surface area contributed by atoms with Gasteiger partial charge in [0.25, 0.3) is 0 Å². The molecule has 0 amide bonds. The molecule has 0 spiro atoms. The topological polar surface area (TPSA) is 38.7 Å². The highest BCUT2D eigenvalue weighted by Gasteiger charge is 2.26. The monoisotopic (exact) mass is 157 g/mol. The van der Waals surface area contributed by atoms with Crippen LogP contribution in [0.4, 0.5) is 0 Å². The molecule has 1 aliphatic heterocycles. The number of rotatable bonds is 0. The lowest BCUT2D eigenvalue weighted by atomic mass is 10.5. The highest BCUT2D eigenvalue weighted by molar-refractivity contribution is 7.86. The molecule has 1 saturated heterocycles. The maximum absolute atomic E-state index is 8.81. The zero-order valence-corrected chi connectivity index (χ0v) is 5.86. The summed E-state index contributed by atoms with van der Waals surface area (Å²) in [4.78, 5) is 8.81. The van der Waals surface area contributed by atoms with E-state index in [1.54, 1.807) is 0 Å². The van der Waals surface area contributed by atoms with Crippen LogP contribution in [0, 0.1) is 0 Å². The maximum atomic E-state index is 8.81. The molecule has 1 heterocycles. The second kappa shape index (κ2) is 2.46. The normalized spacial score (nSPS) is 27.8. The van der Waals surface area contributed by atoms with Crippen molar-refractivity contribution in [3.63, 3.8) is 0 Å². The Morgan fingerprint density at radius 1 is 1.38 bits per heavy atom. The van der Waals surface area contributed by atoms with Gasteiger partial charge in [-0.1, -0.05) is 0 Å². The van der Waals surface area contributed by atoms with Crippen molar-refractivity contribution in [3.8, 4) is 0 Å². The largest absolute Gasteiger partial charge is 0.328 e. The van der Waals surface area contributed by atoms with Crippen LogP contribution in [0.1, 0.15) is 6.42 Å². The Kier molecular flexibility index (Phi) is 2.07. The van der Waals surface area contributed by atoms with Gasteiger partial charge in [-0.25, -0.2) is 0 Å². The Hall–Kier alpha value is 0.600. The van der Waals surface area contributed by atoms with E-state index in [1.807, 2.05) is 0 Å². The summed E-state index contributed by atoms with van der Waals surface area (Å²) in [5.74, 6) is 0. The summed E-state index contributed by atoms with van der Waals surface area (Å²) in [5, 5.41) is 0. The van der Waals surface area contributed by atoms with Crippen molar-refractivity contribution in [3.05, 3.63) is 0 Å². The number of halogens is 1. The SMILES string of the molecule is O[P]1(Cl)OCCCO1. The van der Waals surface area contributed by atoms with Gasteiger partial charge >= 0.3 is 7.30 Å². The molecule has 0 aromatic carbocycles. The molecule has 0 unspecified atom stereocenters. The van der Waals surface area contributed by atoms with E-state index in [1.165, 1.54) is 0 Å². The minimum Gasteiger partial charge on any atom is -0.324 e. The van der Waals surface area contributed by atoms with Crippen LogP contribution in [0.15, 0.2) is 0 Å². The molecule has 0 saturated carbocycles. The average molecular weight is 158 g/mol. The van der Waals surface area contributed by atoms with E-state index in [-0.39, 0.29) is 0 Å². The number of hydrogen-bond acceptors (Lipinski definition) is 3. The Balaban J connectivity index is 2.33. The summed E-state index contributed by atoms with van der Waals surface area (Å²) in [7, 11) is -2.86. The van der Waals surface area contributed by atoms with Gasteiger partial charge < -0.3 is 13.9 Å². The predicted molar refractivity (Wildman–Crippen MR) is 31.5 cm³/mol. The molecular weight excluding hydrogens is 150 g/mol. The van der Waals surface area contributed by atoms with Crippen LogP contribution in [0.25, 0.3) is 0 Å². The van der Waals surface area contributed by atoms with Gasteiger partial charge in [0.1, 0.15) is 0 Å². The number of hydrogen-bond donors (Lipinski definition) is 1. The summed E-state index contributed by atoms with van der Waals surface area (Å²) < 4.78 is 9.35. The second-order valence-electron chi connectivity index (χ2n) is 1.47. The third kappa shape index (κ3) is 1.84. The zero-order valence-electron chi connectivity index (χ0n) is 4.21. The minimum absolute atomic E-state index is 0.508. The molecule has 0 atom stereocenters. The van der Waals surface area contributed by atoms with Crippen LogP contribution in [-0.4, -0.2) is 18.1 Å². The van der Waals surface area contributed by atoms with Gasteiger partial charge in [0.15, 0.2) is 0 Å². The first-order valence-electron chi connectivity index (χ1n) is 2.31. The van der Waals surface area contributed by atoms with E-state index >= 15 is 0 Å². The van der Waals surface area contributed by atoms with Crippen molar-refractivity contribution in [2.75, 3.05) is 13.2 Å². The third-order valence-corrected chi connectivity index (χ3v) is 2.38. The molecule has 1 aliphatic rings. The average Bonchev–Trinajstić information content (AvgIpc) is 1.65. The first-order valence-corrected chi connectivity index (χ1v) is 4.79. The molecule has 1 radical (unpaired) electrons. The molecule has 0 bridgehead atoms. The van der Waals surface area contributed by atoms with Gasteiger partial charge in [-0.3, -0.25) is 0 Å². The molecule has 49 valence electrons. The van der Waals surface area contributed by atoms with Gasteiger partial charge in [0.2, 0.25) is 0 Å². The van der Waals surface area contributed by atoms with Gasteiger partial charge in [-0.05, 0) is 17.7 Å². The summed E-state index contributed by atoms with van der Waals surface area (Å²) in [6, 6.07) is 0. The first-order chi connectivity index (χ1) is 3.71. The summed E-state index contributed by atoms with van der Waals surface area (Å²) in [6.45, 7) is 1.02. The highest BCUT2D eigenvalue weighted by atomic mass is 35.7. The van der Waals surface area contributed by atoms with Crippen molar-refractivity contribution >= 4 is 18.5 Å². The van der Waals surface area contributed by atoms with Crippen molar-refractivity contribution < 1.29 is 13.9 Å². The van der Waals surface area contributed by atoms with Crippen molar-refractivity contribution in [2.24, 2.45) is 0 Å². The fourth-order valence-corrected chi connectivity index (χ4v) is 1.65. The van der Waals surface area contributed by atoms with Crippen LogP contribution in [0.2, 0.25) is 0 Å². The van der Waals surface area contributed by atoms with Gasteiger partial charge in [-0.15, -0.1) is 0 Å². The Labute approximate surface area is 52.9 Å². The van der Waals surface area contributed by atoms with Gasteiger partial charge in [-0.2, -0.15) is 0 Å². The second-order valence-corrected chi connectivity index (χ2v) is 4.17. The summed E-state index contributed by atoms with van der Waals surface area (Å²) >= 11 is 5.29. The lowest BCUT2D eigenvalue weighted by Crippen LogP contribution is -2.08. The van der Waals surface area contributed by atoms with E-state index < -0.39 is 7.30 Å². The zero-order chi connectivity index (χ0) is 6.04. The Morgan fingerprint density at radius 3 is 2.12 bits per heavy atom. The van der Waals surface area contributed by atoms with Crippen molar-refractivity contribution in [1.29, 1.82) is 0 Å². The molecule has 3 nitrogen and oxygen atoms in total. The molecule has 8 heavy (non-hydrogen) atoms. The van der Waals surface area contributed by atoms with Gasteiger partial charge in [0, 0.05) is 0 Å². The Bertz CT molecular complexity index is 78.6.